The zero-order chi connectivity index (χ0) is 14.7. The normalized spacial score (nSPS) is 10.1. The van der Waals surface area contributed by atoms with E-state index >= 15 is 0 Å². The summed E-state index contributed by atoms with van der Waals surface area (Å²) >= 11 is 0. The number of hydrogen-bond donors (Lipinski definition) is 2. The Morgan fingerprint density at radius 1 is 1.15 bits per heavy atom. The van der Waals surface area contributed by atoms with Crippen molar-refractivity contribution in [2.24, 2.45) is 0 Å². The third kappa shape index (κ3) is 2.94. The Labute approximate surface area is 111 Å². The van der Waals surface area contributed by atoms with Crippen LogP contribution in [0, 0.1) is 11.6 Å². The van der Waals surface area contributed by atoms with Gasteiger partial charge < -0.3 is 10.4 Å². The van der Waals surface area contributed by atoms with Gasteiger partial charge in [0, 0.05) is 12.3 Å². The van der Waals surface area contributed by atoms with Crippen LogP contribution in [0.25, 0.3) is 0 Å². The van der Waals surface area contributed by atoms with Gasteiger partial charge in [0.2, 0.25) is 0 Å². The Bertz CT molecular complexity index is 672. The Morgan fingerprint density at radius 2 is 1.90 bits per heavy atom. The van der Waals surface area contributed by atoms with Crippen LogP contribution in [0.15, 0.2) is 36.5 Å². The molecule has 1 amide bonds. The third-order valence-electron chi connectivity index (χ3n) is 2.43. The van der Waals surface area contributed by atoms with Crippen molar-refractivity contribution in [1.82, 2.24) is 4.98 Å². The van der Waals surface area contributed by atoms with E-state index in [4.69, 9.17) is 5.11 Å². The molecular formula is C13H8F2N2O3. The van der Waals surface area contributed by atoms with Gasteiger partial charge in [0.15, 0.2) is 0 Å². The van der Waals surface area contributed by atoms with Crippen molar-refractivity contribution in [3.05, 3.63) is 59.3 Å². The zero-order valence-electron chi connectivity index (χ0n) is 9.93. The number of amides is 1. The number of hydrogen-bond acceptors (Lipinski definition) is 3. The van der Waals surface area contributed by atoms with E-state index in [0.29, 0.717) is 6.07 Å². The molecule has 102 valence electrons. The van der Waals surface area contributed by atoms with Crippen molar-refractivity contribution in [2.75, 3.05) is 5.32 Å². The van der Waals surface area contributed by atoms with Crippen LogP contribution in [0.2, 0.25) is 0 Å². The van der Waals surface area contributed by atoms with Gasteiger partial charge in [-0.15, -0.1) is 0 Å². The van der Waals surface area contributed by atoms with E-state index in [1.165, 1.54) is 12.1 Å². The van der Waals surface area contributed by atoms with E-state index in [1.807, 2.05) is 0 Å². The molecule has 0 bridgehead atoms. The quantitative estimate of drug-likeness (QED) is 0.903. The van der Waals surface area contributed by atoms with Crippen molar-refractivity contribution in [3.63, 3.8) is 0 Å². The first-order valence-electron chi connectivity index (χ1n) is 5.43. The molecule has 0 saturated carbocycles. The second-order valence-electron chi connectivity index (χ2n) is 3.82. The molecular weight excluding hydrogens is 270 g/mol. The van der Waals surface area contributed by atoms with E-state index in [-0.39, 0.29) is 16.9 Å². The zero-order valence-corrected chi connectivity index (χ0v) is 9.93. The molecule has 0 aliphatic heterocycles. The molecule has 2 rings (SSSR count). The SMILES string of the molecule is O=C(O)c1ccc(NC(=O)c2ccc(F)cc2F)nc1. The topological polar surface area (TPSA) is 79.3 Å². The van der Waals surface area contributed by atoms with Crippen molar-refractivity contribution >= 4 is 17.7 Å². The summed E-state index contributed by atoms with van der Waals surface area (Å²) in [4.78, 5) is 26.1. The van der Waals surface area contributed by atoms with Gasteiger partial charge in [0.25, 0.3) is 5.91 Å². The van der Waals surface area contributed by atoms with Gasteiger partial charge in [0.1, 0.15) is 17.5 Å². The number of pyridine rings is 1. The molecule has 7 heteroatoms. The smallest absolute Gasteiger partial charge is 0.337 e. The highest BCUT2D eigenvalue weighted by Gasteiger charge is 2.13. The van der Waals surface area contributed by atoms with Crippen LogP contribution in [0.3, 0.4) is 0 Å². The van der Waals surface area contributed by atoms with Gasteiger partial charge in [-0.25, -0.2) is 18.6 Å². The number of nitrogens with one attached hydrogen (secondary N) is 1. The van der Waals surface area contributed by atoms with Crippen LogP contribution in [-0.4, -0.2) is 22.0 Å². The Hall–Kier alpha value is -2.83. The predicted molar refractivity (Wildman–Crippen MR) is 65.5 cm³/mol. The monoisotopic (exact) mass is 278 g/mol. The number of carboxylic acid groups (broad SMARTS) is 1. The van der Waals surface area contributed by atoms with Crippen LogP contribution >= 0.6 is 0 Å². The minimum Gasteiger partial charge on any atom is -0.478 e. The summed E-state index contributed by atoms with van der Waals surface area (Å²) in [5.41, 5.74) is -0.383. The molecule has 0 aliphatic carbocycles. The first kappa shape index (κ1) is 13.6. The molecule has 0 atom stereocenters. The number of aromatic carboxylic acids is 1. The number of carboxylic acids is 1. The van der Waals surface area contributed by atoms with Crippen LogP contribution < -0.4 is 5.32 Å². The van der Waals surface area contributed by atoms with E-state index in [1.54, 1.807) is 0 Å². The summed E-state index contributed by atoms with van der Waals surface area (Å²) in [7, 11) is 0. The highest BCUT2D eigenvalue weighted by molar-refractivity contribution is 6.04. The van der Waals surface area contributed by atoms with E-state index < -0.39 is 23.5 Å². The lowest BCUT2D eigenvalue weighted by molar-refractivity contribution is 0.0696. The summed E-state index contributed by atoms with van der Waals surface area (Å²) in [6, 6.07) is 5.06. The molecule has 0 fully saturated rings. The number of benzene rings is 1. The van der Waals surface area contributed by atoms with E-state index in [0.717, 1.165) is 18.3 Å². The number of rotatable bonds is 3. The fourth-order valence-electron chi connectivity index (χ4n) is 1.45. The van der Waals surface area contributed by atoms with Crippen LogP contribution in [0.5, 0.6) is 0 Å². The van der Waals surface area contributed by atoms with Gasteiger partial charge >= 0.3 is 5.97 Å². The molecule has 2 N–H and O–H groups in total. The van der Waals surface area contributed by atoms with Crippen molar-refractivity contribution in [2.45, 2.75) is 0 Å². The predicted octanol–water partition coefficient (Wildman–Crippen LogP) is 2.31. The maximum absolute atomic E-state index is 13.4. The second-order valence-corrected chi connectivity index (χ2v) is 3.82. The number of carbonyl (C=O) groups excluding carboxylic acids is 1. The molecule has 2 aromatic rings. The molecule has 5 nitrogen and oxygen atoms in total. The Balaban J connectivity index is 2.17. The molecule has 0 aliphatic rings. The largest absolute Gasteiger partial charge is 0.478 e. The molecule has 0 unspecified atom stereocenters. The lowest BCUT2D eigenvalue weighted by Crippen LogP contribution is -2.15. The molecule has 0 spiro atoms. The maximum atomic E-state index is 13.4. The maximum Gasteiger partial charge on any atom is 0.337 e. The number of aromatic nitrogens is 1. The van der Waals surface area contributed by atoms with Gasteiger partial charge in [-0.05, 0) is 24.3 Å². The Kier molecular flexibility index (Phi) is 3.69. The first-order chi connectivity index (χ1) is 9.47. The third-order valence-corrected chi connectivity index (χ3v) is 2.43. The van der Waals surface area contributed by atoms with Crippen molar-refractivity contribution < 1.29 is 23.5 Å². The first-order valence-corrected chi connectivity index (χ1v) is 5.43. The van der Waals surface area contributed by atoms with Crippen LogP contribution in [0.4, 0.5) is 14.6 Å². The molecule has 1 aromatic carbocycles. The highest BCUT2D eigenvalue weighted by atomic mass is 19.1. The molecule has 1 heterocycles. The summed E-state index contributed by atoms with van der Waals surface area (Å²) in [6.07, 6.45) is 1.05. The fourth-order valence-corrected chi connectivity index (χ4v) is 1.45. The van der Waals surface area contributed by atoms with Crippen LogP contribution in [0.1, 0.15) is 20.7 Å². The highest BCUT2D eigenvalue weighted by Crippen LogP contribution is 2.12. The van der Waals surface area contributed by atoms with Crippen molar-refractivity contribution in [1.29, 1.82) is 0 Å². The number of anilines is 1. The minimum atomic E-state index is -1.15. The summed E-state index contributed by atoms with van der Waals surface area (Å²) in [6.45, 7) is 0. The van der Waals surface area contributed by atoms with Gasteiger partial charge in [-0.3, -0.25) is 4.79 Å². The van der Waals surface area contributed by atoms with Gasteiger partial charge in [-0.2, -0.15) is 0 Å². The number of carbonyl (C=O) groups is 2. The summed E-state index contributed by atoms with van der Waals surface area (Å²) in [5, 5.41) is 11.0. The van der Waals surface area contributed by atoms with Gasteiger partial charge in [0.05, 0.1) is 11.1 Å². The lowest BCUT2D eigenvalue weighted by Gasteiger charge is -2.05. The molecule has 1 aromatic heterocycles. The second kappa shape index (κ2) is 5.43. The van der Waals surface area contributed by atoms with E-state index in [9.17, 15) is 18.4 Å². The molecule has 20 heavy (non-hydrogen) atoms. The number of halogens is 2. The summed E-state index contributed by atoms with van der Waals surface area (Å²) < 4.78 is 26.1. The average molecular weight is 278 g/mol. The molecule has 0 saturated heterocycles. The fraction of sp³-hybridized carbons (Fsp3) is 0. The standard InChI is InChI=1S/C13H8F2N2O3/c14-8-2-3-9(10(15)5-8)12(18)17-11-4-1-7(6-16-11)13(19)20/h1-6H,(H,19,20)(H,16,17,18). The lowest BCUT2D eigenvalue weighted by atomic mass is 10.2. The van der Waals surface area contributed by atoms with Crippen molar-refractivity contribution in [3.8, 4) is 0 Å². The Morgan fingerprint density at radius 3 is 2.45 bits per heavy atom. The van der Waals surface area contributed by atoms with Gasteiger partial charge in [-0.1, -0.05) is 0 Å². The molecule has 0 radical (unpaired) electrons. The summed E-state index contributed by atoms with van der Waals surface area (Å²) in [5.74, 6) is -3.69. The van der Waals surface area contributed by atoms with E-state index in [2.05, 4.69) is 10.3 Å². The number of nitrogens with zero attached hydrogens (tertiary/aromatic N) is 1. The van der Waals surface area contributed by atoms with Crippen LogP contribution in [-0.2, 0) is 0 Å². The average Bonchev–Trinajstić information content (AvgIpc) is 2.39. The minimum absolute atomic E-state index is 0.0454.